The van der Waals surface area contributed by atoms with Crippen molar-refractivity contribution in [2.75, 3.05) is 0 Å². The monoisotopic (exact) mass is 466 g/mol. The molecule has 2 aromatic carbocycles. The third kappa shape index (κ3) is 2.44. The van der Waals surface area contributed by atoms with Crippen LogP contribution >= 0.6 is 22.6 Å². The van der Waals surface area contributed by atoms with Gasteiger partial charge in [0.05, 0.1) is 30.2 Å². The van der Waals surface area contributed by atoms with Gasteiger partial charge in [-0.1, -0.05) is 36.4 Å². The maximum Gasteiger partial charge on any atom is 0.177 e. The third-order valence-electron chi connectivity index (χ3n) is 5.41. The van der Waals surface area contributed by atoms with Crippen molar-refractivity contribution in [2.24, 2.45) is 5.41 Å². The standard InChI is InChI=1S/C21H14IN3O2/c22-15-7-5-14(6-8-15)17-18(20(26)27)25-10-9-13-3-1-2-4-16(13)19(25)21(17,11-23)12-24/h1-10,17-19H,(H,26,27)/p-1/t17-,18+,19-/m0/s1. The average Bonchev–Trinajstić information content (AvgIpc) is 3.00. The fraction of sp³-hybridized carbons (Fsp3) is 0.190. The molecule has 3 atom stereocenters. The summed E-state index contributed by atoms with van der Waals surface area (Å²) in [6, 6.07) is 17.3. The van der Waals surface area contributed by atoms with Crippen LogP contribution in [0.3, 0.4) is 0 Å². The first kappa shape index (κ1) is 17.6. The minimum atomic E-state index is -1.56. The second kappa shape index (κ2) is 6.40. The van der Waals surface area contributed by atoms with E-state index in [1.807, 2.05) is 42.5 Å². The third-order valence-corrected chi connectivity index (χ3v) is 6.13. The zero-order valence-corrected chi connectivity index (χ0v) is 16.2. The molecule has 132 valence electrons. The summed E-state index contributed by atoms with van der Waals surface area (Å²) >= 11 is 2.16. The first-order valence-corrected chi connectivity index (χ1v) is 9.45. The summed E-state index contributed by atoms with van der Waals surface area (Å²) < 4.78 is 0.988. The van der Waals surface area contributed by atoms with E-state index in [4.69, 9.17) is 0 Å². The molecule has 2 aromatic rings. The van der Waals surface area contributed by atoms with Crippen molar-refractivity contribution in [3.05, 3.63) is 75.0 Å². The maximum atomic E-state index is 12.1. The van der Waals surface area contributed by atoms with E-state index in [1.165, 1.54) is 0 Å². The molecular weight excluding hydrogens is 453 g/mol. The number of halogens is 1. The molecule has 0 aromatic heterocycles. The number of hydrogen-bond donors (Lipinski definition) is 0. The van der Waals surface area contributed by atoms with Gasteiger partial charge in [-0.05, 0) is 57.5 Å². The van der Waals surface area contributed by atoms with Gasteiger partial charge in [-0.3, -0.25) is 0 Å². The number of benzene rings is 2. The lowest BCUT2D eigenvalue weighted by atomic mass is 9.68. The Labute approximate surface area is 170 Å². The number of carbonyl (C=O) groups excluding carboxylic acids is 1. The summed E-state index contributed by atoms with van der Waals surface area (Å²) in [5, 5.41) is 32.4. The van der Waals surface area contributed by atoms with Gasteiger partial charge in [0.15, 0.2) is 5.41 Å². The Morgan fingerprint density at radius 1 is 1.11 bits per heavy atom. The van der Waals surface area contributed by atoms with Crippen LogP contribution in [0.15, 0.2) is 54.7 Å². The highest BCUT2D eigenvalue weighted by molar-refractivity contribution is 14.1. The van der Waals surface area contributed by atoms with Crippen LogP contribution < -0.4 is 5.11 Å². The van der Waals surface area contributed by atoms with Gasteiger partial charge in [-0.25, -0.2) is 0 Å². The Morgan fingerprint density at radius 3 is 2.41 bits per heavy atom. The molecule has 0 radical (unpaired) electrons. The molecule has 0 bridgehead atoms. The van der Waals surface area contributed by atoms with Crippen LogP contribution in [0.4, 0.5) is 0 Å². The van der Waals surface area contributed by atoms with E-state index < -0.39 is 29.4 Å². The lowest BCUT2D eigenvalue weighted by Gasteiger charge is -2.35. The lowest BCUT2D eigenvalue weighted by Crippen LogP contribution is -2.45. The fourth-order valence-corrected chi connectivity index (χ4v) is 4.67. The number of fused-ring (bicyclic) bond motifs is 3. The number of carboxylic acids is 1. The first-order valence-electron chi connectivity index (χ1n) is 8.37. The molecule has 5 nitrogen and oxygen atoms in total. The second-order valence-electron chi connectivity index (χ2n) is 6.68. The smallest absolute Gasteiger partial charge is 0.177 e. The van der Waals surface area contributed by atoms with Crippen molar-refractivity contribution in [1.82, 2.24) is 4.90 Å². The topological polar surface area (TPSA) is 91.0 Å². The molecule has 1 fully saturated rings. The van der Waals surface area contributed by atoms with Crippen LogP contribution in [-0.4, -0.2) is 16.9 Å². The highest BCUT2D eigenvalue weighted by Crippen LogP contribution is 2.59. The van der Waals surface area contributed by atoms with Crippen molar-refractivity contribution in [3.63, 3.8) is 0 Å². The first-order chi connectivity index (χ1) is 13.0. The van der Waals surface area contributed by atoms with E-state index in [9.17, 15) is 20.4 Å². The summed E-state index contributed by atoms with van der Waals surface area (Å²) in [6.07, 6.45) is 3.49. The van der Waals surface area contributed by atoms with Gasteiger partial charge in [-0.2, -0.15) is 10.5 Å². The van der Waals surface area contributed by atoms with Crippen LogP contribution in [0.1, 0.15) is 28.7 Å². The van der Waals surface area contributed by atoms with Gasteiger partial charge < -0.3 is 14.8 Å². The molecule has 1 saturated heterocycles. The molecule has 2 aliphatic heterocycles. The molecule has 0 unspecified atom stereocenters. The molecule has 0 spiro atoms. The molecule has 6 heteroatoms. The van der Waals surface area contributed by atoms with E-state index in [2.05, 4.69) is 34.7 Å². The Morgan fingerprint density at radius 2 is 1.78 bits per heavy atom. The van der Waals surface area contributed by atoms with Crippen molar-refractivity contribution >= 4 is 34.6 Å². The number of carbonyl (C=O) groups is 1. The van der Waals surface area contributed by atoms with Gasteiger partial charge in [0, 0.05) is 15.7 Å². The van der Waals surface area contributed by atoms with Crippen LogP contribution in [0, 0.1) is 31.6 Å². The highest BCUT2D eigenvalue weighted by atomic mass is 127. The Bertz CT molecular complexity index is 1020. The molecule has 4 rings (SSSR count). The zero-order valence-electron chi connectivity index (χ0n) is 14.0. The summed E-state index contributed by atoms with van der Waals surface area (Å²) in [7, 11) is 0. The second-order valence-corrected chi connectivity index (χ2v) is 7.93. The molecule has 0 saturated carbocycles. The van der Waals surface area contributed by atoms with Gasteiger partial charge in [0.2, 0.25) is 0 Å². The summed E-state index contributed by atoms with van der Waals surface area (Å²) in [5.74, 6) is -2.13. The van der Waals surface area contributed by atoms with Crippen molar-refractivity contribution < 1.29 is 9.90 Å². The molecule has 2 aliphatic rings. The zero-order chi connectivity index (χ0) is 19.2. The van der Waals surface area contributed by atoms with Crippen molar-refractivity contribution in [1.29, 1.82) is 10.5 Å². The average molecular weight is 466 g/mol. The Kier molecular flexibility index (Phi) is 4.16. The lowest BCUT2D eigenvalue weighted by molar-refractivity contribution is -0.311. The van der Waals surface area contributed by atoms with Crippen LogP contribution in [-0.2, 0) is 4.79 Å². The normalized spacial score (nSPS) is 24.4. The number of hydrogen-bond acceptors (Lipinski definition) is 5. The highest BCUT2D eigenvalue weighted by Gasteiger charge is 2.62. The largest absolute Gasteiger partial charge is 0.548 e. The summed E-state index contributed by atoms with van der Waals surface area (Å²) in [5.41, 5.74) is 0.752. The quantitative estimate of drug-likeness (QED) is 0.635. The molecular formula is C21H13IN3O2-. The van der Waals surface area contributed by atoms with E-state index in [0.717, 1.165) is 14.7 Å². The predicted molar refractivity (Wildman–Crippen MR) is 104 cm³/mol. The van der Waals surface area contributed by atoms with Crippen LogP contribution in [0.25, 0.3) is 6.08 Å². The minimum absolute atomic E-state index is 0.646. The van der Waals surface area contributed by atoms with Gasteiger partial charge >= 0.3 is 0 Å². The van der Waals surface area contributed by atoms with Gasteiger partial charge in [0.1, 0.15) is 0 Å². The van der Waals surface area contributed by atoms with E-state index in [-0.39, 0.29) is 0 Å². The van der Waals surface area contributed by atoms with Crippen molar-refractivity contribution in [2.45, 2.75) is 18.0 Å². The van der Waals surface area contributed by atoms with E-state index >= 15 is 0 Å². The predicted octanol–water partition coefficient (Wildman–Crippen LogP) is 2.57. The number of nitrogens with zero attached hydrogens (tertiary/aromatic N) is 3. The minimum Gasteiger partial charge on any atom is -0.548 e. The molecule has 2 heterocycles. The fourth-order valence-electron chi connectivity index (χ4n) is 4.31. The molecule has 0 aliphatic carbocycles. The molecule has 0 amide bonds. The number of carboxylic acid groups (broad SMARTS) is 1. The summed E-state index contributed by atoms with van der Waals surface area (Å²) in [6.45, 7) is 0. The maximum absolute atomic E-state index is 12.1. The molecule has 27 heavy (non-hydrogen) atoms. The van der Waals surface area contributed by atoms with Gasteiger partial charge in [0.25, 0.3) is 0 Å². The summed E-state index contributed by atoms with van der Waals surface area (Å²) in [4.78, 5) is 13.7. The van der Waals surface area contributed by atoms with E-state index in [0.29, 0.717) is 5.56 Å². The SMILES string of the molecule is N#CC1(C#N)[C@@H]2c3ccccc3C=CN2[C@@H](C(=O)[O-])[C@@H]1c1ccc(I)cc1. The van der Waals surface area contributed by atoms with Gasteiger partial charge in [-0.15, -0.1) is 0 Å². The van der Waals surface area contributed by atoms with Crippen LogP contribution in [0.2, 0.25) is 0 Å². The van der Waals surface area contributed by atoms with Crippen LogP contribution in [0.5, 0.6) is 0 Å². The number of rotatable bonds is 2. The van der Waals surface area contributed by atoms with E-state index in [1.54, 1.807) is 23.2 Å². The number of nitriles is 2. The Hall–Kier alpha value is -2.84. The molecule has 0 N–H and O–H groups in total. The number of aliphatic carboxylic acids is 1. The van der Waals surface area contributed by atoms with Crippen molar-refractivity contribution in [3.8, 4) is 12.1 Å². The Balaban J connectivity index is 2.00.